The third-order valence-electron chi connectivity index (χ3n) is 0.372. The normalized spacial score (nSPS) is 10.2. The third kappa shape index (κ3) is 3.47. The fourth-order valence-electron chi connectivity index (χ4n) is 0.131. The molecule has 0 saturated carbocycles. The summed E-state index contributed by atoms with van der Waals surface area (Å²) in [6.07, 6.45) is 2.10. The maximum absolute atomic E-state index is 11.0. The maximum atomic E-state index is 11.0. The lowest BCUT2D eigenvalue weighted by atomic mass is 10.5. The van der Waals surface area contributed by atoms with Crippen molar-refractivity contribution in [2.75, 3.05) is 6.67 Å². The number of hydrogen-bond donors (Lipinski definition) is 0. The van der Waals surface area contributed by atoms with Crippen LogP contribution in [-0.2, 0) is 5.11 Å². The molecule has 0 rings (SSSR count). The standard InChI is InChI=1S/C4H6FO/c5-3-1-2-4-6/h2,4H,1,3H2. The Morgan fingerprint density at radius 2 is 2.33 bits per heavy atom. The highest BCUT2D eigenvalue weighted by molar-refractivity contribution is 4.69. The number of halogens is 1. The Kier molecular flexibility index (Phi) is 4.08. The van der Waals surface area contributed by atoms with Gasteiger partial charge in [-0.25, -0.2) is 0 Å². The molecule has 0 spiro atoms. The van der Waals surface area contributed by atoms with Crippen LogP contribution in [0.2, 0.25) is 0 Å². The summed E-state index contributed by atoms with van der Waals surface area (Å²) in [5.74, 6) is 0. The van der Waals surface area contributed by atoms with Crippen LogP contribution in [0.15, 0.2) is 12.3 Å². The first-order valence-corrected chi connectivity index (χ1v) is 1.74. The summed E-state index contributed by atoms with van der Waals surface area (Å²) >= 11 is 0. The predicted octanol–water partition coefficient (Wildman–Crippen LogP) is 1.29. The summed E-state index contributed by atoms with van der Waals surface area (Å²) in [6, 6.07) is 0. The Morgan fingerprint density at radius 3 is 2.50 bits per heavy atom. The molecule has 0 bridgehead atoms. The third-order valence-corrected chi connectivity index (χ3v) is 0.372. The fraction of sp³-hybridized carbons (Fsp3) is 0.500. The van der Waals surface area contributed by atoms with Crippen LogP contribution < -0.4 is 0 Å². The molecule has 0 aromatic heterocycles. The van der Waals surface area contributed by atoms with Crippen molar-refractivity contribution in [3.05, 3.63) is 12.3 Å². The molecule has 0 aromatic rings. The van der Waals surface area contributed by atoms with Gasteiger partial charge in [-0.2, -0.15) is 0 Å². The molecule has 0 aliphatic heterocycles. The van der Waals surface area contributed by atoms with E-state index in [0.717, 1.165) is 0 Å². The molecule has 0 amide bonds. The predicted molar refractivity (Wildman–Crippen MR) is 20.4 cm³/mol. The Bertz CT molecular complexity index is 42.8. The summed E-state index contributed by atoms with van der Waals surface area (Å²) in [6.45, 7) is -0.432. The van der Waals surface area contributed by atoms with Gasteiger partial charge in [0.2, 0.25) is 0 Å². The maximum Gasteiger partial charge on any atom is 0.138 e. The number of alkyl halides is 1. The summed E-state index contributed by atoms with van der Waals surface area (Å²) in [4.78, 5) is 0. The lowest BCUT2D eigenvalue weighted by Crippen LogP contribution is -1.64. The van der Waals surface area contributed by atoms with Gasteiger partial charge in [0.05, 0.1) is 6.67 Å². The molecule has 0 fully saturated rings. The van der Waals surface area contributed by atoms with E-state index in [4.69, 9.17) is 0 Å². The number of hydrogen-bond acceptors (Lipinski definition) is 0. The summed E-state index contributed by atoms with van der Waals surface area (Å²) in [5, 5.41) is 9.34. The summed E-state index contributed by atoms with van der Waals surface area (Å²) in [5.41, 5.74) is 0. The highest BCUT2D eigenvalue weighted by Gasteiger charge is 1.70. The SMILES string of the molecule is [O]C=CCCF. The molecule has 0 heterocycles. The van der Waals surface area contributed by atoms with E-state index in [9.17, 15) is 9.50 Å². The Labute approximate surface area is 36.1 Å². The van der Waals surface area contributed by atoms with E-state index in [1.807, 2.05) is 0 Å². The van der Waals surface area contributed by atoms with Crippen LogP contribution in [0.4, 0.5) is 4.39 Å². The summed E-state index contributed by atoms with van der Waals surface area (Å²) < 4.78 is 11.0. The second-order valence-electron chi connectivity index (χ2n) is 0.849. The van der Waals surface area contributed by atoms with Gasteiger partial charge in [-0.05, 0) is 12.5 Å². The van der Waals surface area contributed by atoms with Crippen molar-refractivity contribution in [3.63, 3.8) is 0 Å². The van der Waals surface area contributed by atoms with Crippen LogP contribution in [0.3, 0.4) is 0 Å². The lowest BCUT2D eigenvalue weighted by molar-refractivity contribution is 0.348. The minimum atomic E-state index is -0.432. The van der Waals surface area contributed by atoms with Gasteiger partial charge in [0.25, 0.3) is 0 Å². The van der Waals surface area contributed by atoms with Crippen molar-refractivity contribution in [1.82, 2.24) is 0 Å². The zero-order valence-corrected chi connectivity index (χ0v) is 3.36. The van der Waals surface area contributed by atoms with Crippen molar-refractivity contribution in [2.45, 2.75) is 6.42 Å². The molecule has 35 valence electrons. The van der Waals surface area contributed by atoms with Gasteiger partial charge < -0.3 is 0 Å². The van der Waals surface area contributed by atoms with E-state index in [2.05, 4.69) is 0 Å². The zero-order valence-electron chi connectivity index (χ0n) is 3.36. The molecule has 1 radical (unpaired) electrons. The molecule has 1 nitrogen and oxygen atoms in total. The first-order valence-electron chi connectivity index (χ1n) is 1.74. The number of rotatable bonds is 2. The van der Waals surface area contributed by atoms with Crippen LogP contribution >= 0.6 is 0 Å². The quantitative estimate of drug-likeness (QED) is 0.454. The van der Waals surface area contributed by atoms with Crippen LogP contribution in [0, 0.1) is 0 Å². The first-order chi connectivity index (χ1) is 2.91. The molecular weight excluding hydrogens is 83.0 g/mol. The van der Waals surface area contributed by atoms with Gasteiger partial charge >= 0.3 is 0 Å². The zero-order chi connectivity index (χ0) is 4.83. The van der Waals surface area contributed by atoms with Crippen LogP contribution in [-0.4, -0.2) is 6.67 Å². The van der Waals surface area contributed by atoms with Crippen molar-refractivity contribution in [3.8, 4) is 0 Å². The topological polar surface area (TPSA) is 19.9 Å². The van der Waals surface area contributed by atoms with Crippen LogP contribution in [0.25, 0.3) is 0 Å². The molecule has 0 atom stereocenters. The number of allylic oxidation sites excluding steroid dienone is 1. The van der Waals surface area contributed by atoms with Gasteiger partial charge in [-0.3, -0.25) is 9.50 Å². The monoisotopic (exact) mass is 89.0 g/mol. The molecule has 0 aromatic carbocycles. The smallest absolute Gasteiger partial charge is 0.138 e. The first kappa shape index (κ1) is 5.47. The molecule has 0 unspecified atom stereocenters. The highest BCUT2D eigenvalue weighted by Crippen LogP contribution is 1.79. The van der Waals surface area contributed by atoms with E-state index < -0.39 is 6.67 Å². The molecule has 0 N–H and O–H groups in total. The molecule has 0 aliphatic rings. The Hall–Kier alpha value is -0.530. The van der Waals surface area contributed by atoms with Gasteiger partial charge in [0, 0.05) is 0 Å². The average molecular weight is 89.1 g/mol. The molecule has 0 saturated heterocycles. The Morgan fingerprint density at radius 1 is 1.67 bits per heavy atom. The van der Waals surface area contributed by atoms with Gasteiger partial charge in [-0.1, -0.05) is 0 Å². The van der Waals surface area contributed by atoms with Crippen molar-refractivity contribution in [1.29, 1.82) is 0 Å². The van der Waals surface area contributed by atoms with Crippen molar-refractivity contribution < 1.29 is 9.50 Å². The van der Waals surface area contributed by atoms with E-state index in [1.165, 1.54) is 6.08 Å². The fourth-order valence-corrected chi connectivity index (χ4v) is 0.131. The second-order valence-corrected chi connectivity index (χ2v) is 0.849. The van der Waals surface area contributed by atoms with Crippen LogP contribution in [0.1, 0.15) is 6.42 Å². The molecular formula is C4H6FO. The minimum Gasteiger partial charge on any atom is -0.299 e. The summed E-state index contributed by atoms with van der Waals surface area (Å²) in [7, 11) is 0. The van der Waals surface area contributed by atoms with Gasteiger partial charge in [0.15, 0.2) is 0 Å². The van der Waals surface area contributed by atoms with Gasteiger partial charge in [-0.15, -0.1) is 0 Å². The van der Waals surface area contributed by atoms with Crippen LogP contribution in [0.5, 0.6) is 0 Å². The Balaban J connectivity index is 2.66. The van der Waals surface area contributed by atoms with E-state index in [0.29, 0.717) is 6.26 Å². The van der Waals surface area contributed by atoms with E-state index in [1.54, 1.807) is 0 Å². The molecule has 6 heavy (non-hydrogen) atoms. The van der Waals surface area contributed by atoms with E-state index >= 15 is 0 Å². The van der Waals surface area contributed by atoms with Crippen molar-refractivity contribution >= 4 is 0 Å². The molecule has 2 heteroatoms. The van der Waals surface area contributed by atoms with Gasteiger partial charge in [0.1, 0.15) is 6.26 Å². The lowest BCUT2D eigenvalue weighted by Gasteiger charge is -1.71. The minimum absolute atomic E-state index is 0.253. The second kappa shape index (κ2) is 4.47. The van der Waals surface area contributed by atoms with Crippen molar-refractivity contribution in [2.24, 2.45) is 0 Å². The average Bonchev–Trinajstić information content (AvgIpc) is 1.61. The molecule has 0 aliphatic carbocycles. The van der Waals surface area contributed by atoms with E-state index in [-0.39, 0.29) is 6.42 Å². The largest absolute Gasteiger partial charge is 0.299 e. The highest BCUT2D eigenvalue weighted by atomic mass is 19.1.